The van der Waals surface area contributed by atoms with E-state index >= 15 is 0 Å². The summed E-state index contributed by atoms with van der Waals surface area (Å²) in [5, 5.41) is 3.48. The minimum Gasteiger partial charge on any atom is -0.312 e. The van der Waals surface area contributed by atoms with Crippen LogP contribution in [0.5, 0.6) is 0 Å². The minimum atomic E-state index is -0.182. The molecule has 2 rings (SSSR count). The lowest BCUT2D eigenvalue weighted by atomic mass is 9.76. The molecule has 0 bridgehead atoms. The Morgan fingerprint density at radius 3 is 2.72 bits per heavy atom. The smallest absolute Gasteiger partial charge is 0.137 e. The molecule has 3 heteroatoms. The van der Waals surface area contributed by atoms with Crippen LogP contribution in [0.3, 0.4) is 0 Å². The number of hydrogen-bond acceptors (Lipinski definition) is 1. The van der Waals surface area contributed by atoms with Crippen molar-refractivity contribution < 1.29 is 4.39 Å². The second kappa shape index (κ2) is 6.16. The van der Waals surface area contributed by atoms with Gasteiger partial charge < -0.3 is 5.32 Å². The molecule has 1 aliphatic carbocycles. The number of nitrogens with one attached hydrogen (secondary N) is 1. The van der Waals surface area contributed by atoms with Crippen molar-refractivity contribution >= 4 is 15.9 Å². The fourth-order valence-electron chi connectivity index (χ4n) is 2.77. The van der Waals surface area contributed by atoms with Crippen LogP contribution < -0.4 is 5.32 Å². The summed E-state index contributed by atoms with van der Waals surface area (Å²) in [7, 11) is 0. The summed E-state index contributed by atoms with van der Waals surface area (Å²) in [4.78, 5) is 0. The average molecular weight is 314 g/mol. The van der Waals surface area contributed by atoms with Crippen molar-refractivity contribution in [3.8, 4) is 0 Å². The predicted octanol–water partition coefficient (Wildman–Crippen LogP) is 4.65. The molecule has 0 saturated heterocycles. The third-order valence-electron chi connectivity index (χ3n) is 3.96. The van der Waals surface area contributed by atoms with Crippen molar-refractivity contribution in [2.45, 2.75) is 45.6 Å². The van der Waals surface area contributed by atoms with E-state index in [1.807, 2.05) is 6.07 Å². The van der Waals surface area contributed by atoms with Crippen molar-refractivity contribution in [3.63, 3.8) is 0 Å². The molecule has 0 aromatic heterocycles. The van der Waals surface area contributed by atoms with E-state index < -0.39 is 0 Å². The molecule has 0 unspecified atom stereocenters. The summed E-state index contributed by atoms with van der Waals surface area (Å²) in [6.07, 6.45) is 6.70. The Labute approximate surface area is 117 Å². The molecule has 0 radical (unpaired) electrons. The topological polar surface area (TPSA) is 12.0 Å². The van der Waals surface area contributed by atoms with Crippen molar-refractivity contribution in [1.29, 1.82) is 0 Å². The third kappa shape index (κ3) is 3.55. The molecule has 1 aliphatic rings. The molecule has 1 aromatic rings. The van der Waals surface area contributed by atoms with E-state index in [0.29, 0.717) is 9.89 Å². The van der Waals surface area contributed by atoms with Crippen LogP contribution in [0.4, 0.5) is 4.39 Å². The van der Waals surface area contributed by atoms with E-state index in [9.17, 15) is 4.39 Å². The highest BCUT2D eigenvalue weighted by Crippen LogP contribution is 2.35. The zero-order valence-electron chi connectivity index (χ0n) is 10.9. The molecule has 0 aliphatic heterocycles. The maximum atomic E-state index is 13.4. The predicted molar refractivity (Wildman–Crippen MR) is 77.0 cm³/mol. The van der Waals surface area contributed by atoms with Gasteiger partial charge in [-0.1, -0.05) is 38.3 Å². The highest BCUT2D eigenvalue weighted by molar-refractivity contribution is 9.10. The lowest BCUT2D eigenvalue weighted by molar-refractivity contribution is 0.207. The SMILES string of the molecule is CC1(CNCc2cccc(F)c2Br)CCCCC1. The second-order valence-electron chi connectivity index (χ2n) is 5.69. The first-order valence-corrected chi connectivity index (χ1v) is 7.54. The van der Waals surface area contributed by atoms with Gasteiger partial charge in [-0.05, 0) is 45.8 Å². The van der Waals surface area contributed by atoms with Gasteiger partial charge in [-0.2, -0.15) is 0 Å². The molecule has 1 fully saturated rings. The molecular weight excluding hydrogens is 293 g/mol. The Bertz CT molecular complexity index is 399. The lowest BCUT2D eigenvalue weighted by Gasteiger charge is -2.33. The largest absolute Gasteiger partial charge is 0.312 e. The van der Waals surface area contributed by atoms with Crippen molar-refractivity contribution in [3.05, 3.63) is 34.1 Å². The minimum absolute atomic E-state index is 0.182. The average Bonchev–Trinajstić information content (AvgIpc) is 2.35. The molecule has 0 atom stereocenters. The quantitative estimate of drug-likeness (QED) is 0.853. The third-order valence-corrected chi connectivity index (χ3v) is 4.85. The first kappa shape index (κ1) is 14.0. The Morgan fingerprint density at radius 1 is 1.28 bits per heavy atom. The van der Waals surface area contributed by atoms with Gasteiger partial charge in [-0.3, -0.25) is 0 Å². The van der Waals surface area contributed by atoms with Gasteiger partial charge in [0, 0.05) is 13.1 Å². The Balaban J connectivity index is 1.86. The van der Waals surface area contributed by atoms with Gasteiger partial charge in [-0.25, -0.2) is 4.39 Å². The fraction of sp³-hybridized carbons (Fsp3) is 0.600. The Kier molecular flexibility index (Phi) is 4.79. The van der Waals surface area contributed by atoms with Crippen molar-refractivity contribution in [2.75, 3.05) is 6.54 Å². The second-order valence-corrected chi connectivity index (χ2v) is 6.48. The number of hydrogen-bond donors (Lipinski definition) is 1. The molecule has 1 N–H and O–H groups in total. The van der Waals surface area contributed by atoms with E-state index in [4.69, 9.17) is 0 Å². The van der Waals surface area contributed by atoms with Gasteiger partial charge >= 0.3 is 0 Å². The fourth-order valence-corrected chi connectivity index (χ4v) is 3.17. The van der Waals surface area contributed by atoms with Gasteiger partial charge in [0.15, 0.2) is 0 Å². The van der Waals surface area contributed by atoms with Gasteiger partial charge in [-0.15, -0.1) is 0 Å². The van der Waals surface area contributed by atoms with Crippen LogP contribution in [-0.2, 0) is 6.54 Å². The summed E-state index contributed by atoms with van der Waals surface area (Å²) >= 11 is 3.30. The Hall–Kier alpha value is -0.410. The highest BCUT2D eigenvalue weighted by Gasteiger charge is 2.26. The summed E-state index contributed by atoms with van der Waals surface area (Å²) < 4.78 is 14.0. The van der Waals surface area contributed by atoms with Crippen LogP contribution in [0.15, 0.2) is 22.7 Å². The van der Waals surface area contributed by atoms with Crippen LogP contribution in [0.2, 0.25) is 0 Å². The normalized spacial score (nSPS) is 18.8. The van der Waals surface area contributed by atoms with Crippen molar-refractivity contribution in [2.24, 2.45) is 5.41 Å². The summed E-state index contributed by atoms with van der Waals surface area (Å²) in [6, 6.07) is 5.21. The lowest BCUT2D eigenvalue weighted by Crippen LogP contribution is -2.33. The van der Waals surface area contributed by atoms with Crippen LogP contribution >= 0.6 is 15.9 Å². The maximum Gasteiger partial charge on any atom is 0.137 e. The Morgan fingerprint density at radius 2 is 2.00 bits per heavy atom. The summed E-state index contributed by atoms with van der Waals surface area (Å²) in [6.45, 7) is 4.11. The van der Waals surface area contributed by atoms with Crippen molar-refractivity contribution in [1.82, 2.24) is 5.32 Å². The van der Waals surface area contributed by atoms with E-state index in [0.717, 1.165) is 18.7 Å². The zero-order chi connectivity index (χ0) is 13.0. The van der Waals surface area contributed by atoms with Crippen LogP contribution in [0, 0.1) is 11.2 Å². The number of benzene rings is 1. The van der Waals surface area contributed by atoms with Gasteiger partial charge in [0.05, 0.1) is 4.47 Å². The van der Waals surface area contributed by atoms with Crippen LogP contribution in [0.25, 0.3) is 0 Å². The van der Waals surface area contributed by atoms with Gasteiger partial charge in [0.2, 0.25) is 0 Å². The van der Waals surface area contributed by atoms with Gasteiger partial charge in [0.25, 0.3) is 0 Å². The first-order chi connectivity index (χ1) is 8.61. The van der Waals surface area contributed by atoms with Gasteiger partial charge in [0.1, 0.15) is 5.82 Å². The molecule has 18 heavy (non-hydrogen) atoms. The standard InChI is InChI=1S/C15H21BrFN/c1-15(8-3-2-4-9-15)11-18-10-12-6-5-7-13(17)14(12)16/h5-7,18H,2-4,8-11H2,1H3. The van der Waals surface area contributed by atoms with E-state index in [1.165, 1.54) is 38.2 Å². The zero-order valence-corrected chi connectivity index (χ0v) is 12.5. The molecule has 100 valence electrons. The first-order valence-electron chi connectivity index (χ1n) is 6.74. The monoisotopic (exact) mass is 313 g/mol. The van der Waals surface area contributed by atoms with E-state index in [1.54, 1.807) is 6.07 Å². The molecular formula is C15H21BrFN. The van der Waals surface area contributed by atoms with Crippen LogP contribution in [-0.4, -0.2) is 6.54 Å². The number of halogens is 2. The maximum absolute atomic E-state index is 13.4. The molecule has 1 nitrogen and oxygen atoms in total. The molecule has 0 spiro atoms. The summed E-state index contributed by atoms with van der Waals surface area (Å²) in [5.74, 6) is -0.182. The molecule has 0 heterocycles. The van der Waals surface area contributed by atoms with E-state index in [-0.39, 0.29) is 5.82 Å². The molecule has 1 aromatic carbocycles. The molecule has 1 saturated carbocycles. The molecule has 0 amide bonds. The highest BCUT2D eigenvalue weighted by atomic mass is 79.9. The number of rotatable bonds is 4. The van der Waals surface area contributed by atoms with Crippen LogP contribution in [0.1, 0.15) is 44.6 Å². The summed E-state index contributed by atoms with van der Waals surface area (Å²) in [5.41, 5.74) is 1.42. The van der Waals surface area contributed by atoms with E-state index in [2.05, 4.69) is 28.2 Å².